The number of aryl methyl sites for hydroxylation is 2. The molecule has 0 aliphatic carbocycles. The normalized spacial score (nSPS) is 10.7. The van der Waals surface area contributed by atoms with Gasteiger partial charge in [-0.25, -0.2) is 4.98 Å². The zero-order valence-electron chi connectivity index (χ0n) is 10.0. The lowest BCUT2D eigenvalue weighted by Gasteiger charge is -2.07. The van der Waals surface area contributed by atoms with Gasteiger partial charge in [-0.3, -0.25) is 4.98 Å². The minimum atomic E-state index is 0.225. The maximum atomic E-state index is 9.62. The van der Waals surface area contributed by atoms with Crippen LogP contribution in [0, 0.1) is 6.92 Å². The van der Waals surface area contributed by atoms with Gasteiger partial charge in [0.1, 0.15) is 11.6 Å². The molecule has 2 aromatic heterocycles. The van der Waals surface area contributed by atoms with Gasteiger partial charge in [0.2, 0.25) is 0 Å². The van der Waals surface area contributed by atoms with Crippen molar-refractivity contribution < 1.29 is 5.11 Å². The number of nitrogens with one attached hydrogen (secondary N) is 1. The first-order valence-electron chi connectivity index (χ1n) is 5.49. The van der Waals surface area contributed by atoms with Crippen molar-refractivity contribution in [2.45, 2.75) is 20.0 Å². The molecule has 0 aliphatic heterocycles. The third-order valence-electron chi connectivity index (χ3n) is 2.59. The molecule has 0 aromatic carbocycles. The minimum absolute atomic E-state index is 0.225. The minimum Gasteiger partial charge on any atom is -0.506 e. The lowest BCUT2D eigenvalue weighted by Crippen LogP contribution is -2.16. The maximum Gasteiger partial charge on any atom is 0.138 e. The van der Waals surface area contributed by atoms with Crippen LogP contribution in [0.5, 0.6) is 5.75 Å². The highest BCUT2D eigenvalue weighted by Crippen LogP contribution is 2.14. The Bertz CT molecular complexity index is 507. The molecule has 5 heteroatoms. The van der Waals surface area contributed by atoms with Crippen molar-refractivity contribution >= 4 is 0 Å². The molecule has 5 nitrogen and oxygen atoms in total. The number of imidazole rings is 1. The van der Waals surface area contributed by atoms with Gasteiger partial charge < -0.3 is 15.0 Å². The second-order valence-corrected chi connectivity index (χ2v) is 3.98. The molecule has 0 aliphatic rings. The predicted molar refractivity (Wildman–Crippen MR) is 64.4 cm³/mol. The van der Waals surface area contributed by atoms with E-state index in [2.05, 4.69) is 15.3 Å². The molecule has 0 radical (unpaired) electrons. The van der Waals surface area contributed by atoms with Crippen LogP contribution < -0.4 is 5.32 Å². The summed E-state index contributed by atoms with van der Waals surface area (Å²) < 4.78 is 1.95. The number of nitrogens with zero attached hydrogens (tertiary/aromatic N) is 3. The molecule has 0 spiro atoms. The van der Waals surface area contributed by atoms with Crippen LogP contribution in [0.4, 0.5) is 0 Å². The fourth-order valence-electron chi connectivity index (χ4n) is 1.59. The highest BCUT2D eigenvalue weighted by atomic mass is 16.3. The smallest absolute Gasteiger partial charge is 0.138 e. The number of hydrogen-bond acceptors (Lipinski definition) is 4. The van der Waals surface area contributed by atoms with Crippen molar-refractivity contribution in [1.82, 2.24) is 19.9 Å². The largest absolute Gasteiger partial charge is 0.506 e. The summed E-state index contributed by atoms with van der Waals surface area (Å²) in [4.78, 5) is 8.48. The molecule has 0 amide bonds. The second-order valence-electron chi connectivity index (χ2n) is 3.98. The molecule has 2 N–H and O–H groups in total. The van der Waals surface area contributed by atoms with E-state index >= 15 is 0 Å². The number of rotatable bonds is 4. The first-order chi connectivity index (χ1) is 8.16. The van der Waals surface area contributed by atoms with Crippen LogP contribution in [0.2, 0.25) is 0 Å². The zero-order chi connectivity index (χ0) is 12.3. The van der Waals surface area contributed by atoms with E-state index in [9.17, 15) is 5.11 Å². The summed E-state index contributed by atoms with van der Waals surface area (Å²) >= 11 is 0. The average molecular weight is 232 g/mol. The molecular formula is C12H16N4O. The standard InChI is InChI=1S/C12H16N4O/c1-9-3-4-11(17)10(15-9)7-13-8-12-14-5-6-16(12)2/h3-6,13,17H,7-8H2,1-2H3. The van der Waals surface area contributed by atoms with Gasteiger partial charge in [0, 0.05) is 31.7 Å². The molecular weight excluding hydrogens is 216 g/mol. The van der Waals surface area contributed by atoms with Crippen molar-refractivity contribution in [1.29, 1.82) is 0 Å². The van der Waals surface area contributed by atoms with Crippen LogP contribution in [-0.4, -0.2) is 19.6 Å². The van der Waals surface area contributed by atoms with E-state index in [1.165, 1.54) is 0 Å². The molecule has 0 unspecified atom stereocenters. The van der Waals surface area contributed by atoms with Crippen molar-refractivity contribution in [3.63, 3.8) is 0 Å². The van der Waals surface area contributed by atoms with E-state index in [1.54, 1.807) is 18.3 Å². The number of hydrogen-bond donors (Lipinski definition) is 2. The molecule has 2 rings (SSSR count). The second kappa shape index (κ2) is 4.97. The zero-order valence-corrected chi connectivity index (χ0v) is 10.0. The van der Waals surface area contributed by atoms with Gasteiger partial charge >= 0.3 is 0 Å². The number of pyridine rings is 1. The Morgan fingerprint density at radius 1 is 1.35 bits per heavy atom. The van der Waals surface area contributed by atoms with Gasteiger partial charge in [0.25, 0.3) is 0 Å². The molecule has 90 valence electrons. The van der Waals surface area contributed by atoms with Crippen LogP contribution in [0.1, 0.15) is 17.2 Å². The van der Waals surface area contributed by atoms with E-state index in [4.69, 9.17) is 0 Å². The van der Waals surface area contributed by atoms with Gasteiger partial charge in [-0.1, -0.05) is 0 Å². The van der Waals surface area contributed by atoms with Gasteiger partial charge in [-0.2, -0.15) is 0 Å². The lowest BCUT2D eigenvalue weighted by atomic mass is 10.3. The Hall–Kier alpha value is -1.88. The summed E-state index contributed by atoms with van der Waals surface area (Å²) in [6.45, 7) is 3.08. The summed E-state index contributed by atoms with van der Waals surface area (Å²) in [6.07, 6.45) is 3.67. The van der Waals surface area contributed by atoms with Gasteiger partial charge in [-0.05, 0) is 19.1 Å². The Morgan fingerprint density at radius 3 is 2.88 bits per heavy atom. The third kappa shape index (κ3) is 2.82. The predicted octanol–water partition coefficient (Wildman–Crippen LogP) is 1.12. The van der Waals surface area contributed by atoms with E-state index in [-0.39, 0.29) is 5.75 Å². The van der Waals surface area contributed by atoms with Crippen LogP contribution in [-0.2, 0) is 20.1 Å². The molecule has 0 fully saturated rings. The van der Waals surface area contributed by atoms with Gasteiger partial charge in [0.05, 0.1) is 12.2 Å². The summed E-state index contributed by atoms with van der Waals surface area (Å²) in [6, 6.07) is 3.46. The first kappa shape index (κ1) is 11.6. The van der Waals surface area contributed by atoms with E-state index < -0.39 is 0 Å². The first-order valence-corrected chi connectivity index (χ1v) is 5.49. The Morgan fingerprint density at radius 2 is 2.18 bits per heavy atom. The Labute approximate surface area is 100 Å². The summed E-state index contributed by atoms with van der Waals surface area (Å²) in [5.41, 5.74) is 1.57. The highest BCUT2D eigenvalue weighted by molar-refractivity contribution is 5.27. The summed E-state index contributed by atoms with van der Waals surface area (Å²) in [5.74, 6) is 1.18. The van der Waals surface area contributed by atoms with E-state index in [0.717, 1.165) is 11.5 Å². The van der Waals surface area contributed by atoms with Crippen LogP contribution >= 0.6 is 0 Å². The average Bonchev–Trinajstić information content (AvgIpc) is 2.70. The van der Waals surface area contributed by atoms with Gasteiger partial charge in [-0.15, -0.1) is 0 Å². The third-order valence-corrected chi connectivity index (χ3v) is 2.59. The molecule has 2 heterocycles. The maximum absolute atomic E-state index is 9.62. The molecule has 0 saturated heterocycles. The highest BCUT2D eigenvalue weighted by Gasteiger charge is 2.04. The molecule has 0 saturated carbocycles. The van der Waals surface area contributed by atoms with Crippen LogP contribution in [0.25, 0.3) is 0 Å². The van der Waals surface area contributed by atoms with Gasteiger partial charge in [0.15, 0.2) is 0 Å². The van der Waals surface area contributed by atoms with E-state index in [1.807, 2.05) is 24.7 Å². The van der Waals surface area contributed by atoms with Crippen molar-refractivity contribution in [2.75, 3.05) is 0 Å². The van der Waals surface area contributed by atoms with E-state index in [0.29, 0.717) is 18.8 Å². The molecule has 17 heavy (non-hydrogen) atoms. The summed E-state index contributed by atoms with van der Waals surface area (Å²) in [5, 5.41) is 12.8. The fraction of sp³-hybridized carbons (Fsp3) is 0.333. The SMILES string of the molecule is Cc1ccc(O)c(CNCc2nccn2C)n1. The molecule has 2 aromatic rings. The Kier molecular flexibility index (Phi) is 3.39. The van der Waals surface area contributed by atoms with Crippen molar-refractivity contribution in [2.24, 2.45) is 7.05 Å². The lowest BCUT2D eigenvalue weighted by molar-refractivity contribution is 0.458. The number of aromatic hydroxyl groups is 1. The topological polar surface area (TPSA) is 63.0 Å². The number of aromatic nitrogens is 3. The quantitative estimate of drug-likeness (QED) is 0.829. The molecule has 0 bridgehead atoms. The van der Waals surface area contributed by atoms with Crippen LogP contribution in [0.3, 0.4) is 0 Å². The van der Waals surface area contributed by atoms with Crippen molar-refractivity contribution in [3.05, 3.63) is 41.7 Å². The van der Waals surface area contributed by atoms with Crippen molar-refractivity contribution in [3.8, 4) is 5.75 Å². The molecule has 0 atom stereocenters. The monoisotopic (exact) mass is 232 g/mol. The fourth-order valence-corrected chi connectivity index (χ4v) is 1.59. The summed E-state index contributed by atoms with van der Waals surface area (Å²) in [7, 11) is 1.95. The Balaban J connectivity index is 1.94. The van der Waals surface area contributed by atoms with Crippen LogP contribution in [0.15, 0.2) is 24.5 Å².